The molecule has 0 heterocycles. The van der Waals surface area contributed by atoms with Crippen LogP contribution in [0.3, 0.4) is 0 Å². The first-order chi connectivity index (χ1) is 13.2. The second-order valence-electron chi connectivity index (χ2n) is 8.54. The Morgan fingerprint density at radius 2 is 1.21 bits per heavy atom. The van der Waals surface area contributed by atoms with Crippen LogP contribution in [0.5, 0.6) is 0 Å². The average Bonchev–Trinajstić information content (AvgIpc) is 2.65. The van der Waals surface area contributed by atoms with Crippen LogP contribution in [0.4, 0.5) is 0 Å². The minimum Gasteiger partial charge on any atom is -0.208 e. The summed E-state index contributed by atoms with van der Waals surface area (Å²) >= 11 is 0. The summed E-state index contributed by atoms with van der Waals surface area (Å²) in [4.78, 5) is 0.215. The van der Waals surface area contributed by atoms with Crippen molar-refractivity contribution in [3.8, 4) is 0 Å². The van der Waals surface area contributed by atoms with Crippen LogP contribution in [0, 0.1) is 11.8 Å². The van der Waals surface area contributed by atoms with Crippen LogP contribution >= 0.6 is 0 Å². The zero-order chi connectivity index (χ0) is 20.4. The third-order valence-corrected chi connectivity index (χ3v) is 9.24. The normalized spacial score (nSPS) is 29.5. The van der Waals surface area contributed by atoms with Crippen LogP contribution in [0.1, 0.15) is 65.2 Å². The van der Waals surface area contributed by atoms with Crippen LogP contribution in [-0.4, -0.2) is 28.9 Å². The van der Waals surface area contributed by atoms with E-state index in [1.165, 1.54) is 24.3 Å². The number of sulfonamides is 2. The zero-order valence-corrected chi connectivity index (χ0v) is 18.4. The molecule has 6 nitrogen and oxygen atoms in total. The summed E-state index contributed by atoms with van der Waals surface area (Å²) in [5, 5.41) is 0. The molecule has 0 aromatic heterocycles. The molecule has 1 aromatic carbocycles. The fraction of sp³-hybridized carbons (Fsp3) is 0.700. The van der Waals surface area contributed by atoms with Gasteiger partial charge in [0.1, 0.15) is 0 Å². The molecule has 2 aliphatic carbocycles. The van der Waals surface area contributed by atoms with Crippen LogP contribution in [0.15, 0.2) is 34.1 Å². The summed E-state index contributed by atoms with van der Waals surface area (Å²) in [7, 11) is -7.29. The van der Waals surface area contributed by atoms with Crippen LogP contribution < -0.4 is 9.44 Å². The van der Waals surface area contributed by atoms with Crippen molar-refractivity contribution < 1.29 is 16.8 Å². The number of hydrogen-bond donors (Lipinski definition) is 2. The van der Waals surface area contributed by atoms with Crippen LogP contribution in [0.2, 0.25) is 0 Å². The summed E-state index contributed by atoms with van der Waals surface area (Å²) in [5.74, 6) is 0.954. The highest BCUT2D eigenvalue weighted by molar-refractivity contribution is 7.90. The summed E-state index contributed by atoms with van der Waals surface area (Å²) in [6, 6.07) is 5.43. The molecule has 0 unspecified atom stereocenters. The molecule has 8 heteroatoms. The van der Waals surface area contributed by atoms with Gasteiger partial charge < -0.3 is 0 Å². The Hall–Kier alpha value is -0.960. The molecule has 2 aliphatic rings. The Kier molecular flexibility index (Phi) is 6.84. The molecule has 0 radical (unpaired) electrons. The van der Waals surface area contributed by atoms with Crippen molar-refractivity contribution in [2.75, 3.05) is 0 Å². The van der Waals surface area contributed by atoms with E-state index >= 15 is 0 Å². The second kappa shape index (κ2) is 8.81. The summed E-state index contributed by atoms with van der Waals surface area (Å²) < 4.78 is 56.2. The highest BCUT2D eigenvalue weighted by Crippen LogP contribution is 2.27. The predicted molar refractivity (Wildman–Crippen MR) is 110 cm³/mol. The average molecular weight is 429 g/mol. The lowest BCUT2D eigenvalue weighted by molar-refractivity contribution is 0.310. The van der Waals surface area contributed by atoms with Gasteiger partial charge in [0.2, 0.25) is 20.0 Å². The zero-order valence-electron chi connectivity index (χ0n) is 16.7. The smallest absolute Gasteiger partial charge is 0.208 e. The third-order valence-electron chi connectivity index (χ3n) is 6.20. The summed E-state index contributed by atoms with van der Waals surface area (Å²) in [5.41, 5.74) is 0. The van der Waals surface area contributed by atoms with Crippen molar-refractivity contribution in [2.45, 2.75) is 87.1 Å². The van der Waals surface area contributed by atoms with Crippen molar-refractivity contribution in [3.05, 3.63) is 24.3 Å². The lowest BCUT2D eigenvalue weighted by Crippen LogP contribution is -2.41. The quantitative estimate of drug-likeness (QED) is 0.726. The van der Waals surface area contributed by atoms with Gasteiger partial charge in [0, 0.05) is 12.1 Å². The molecular weight excluding hydrogens is 396 g/mol. The van der Waals surface area contributed by atoms with Gasteiger partial charge >= 0.3 is 0 Å². The summed E-state index contributed by atoms with van der Waals surface area (Å²) in [6.45, 7) is 4.26. The van der Waals surface area contributed by atoms with Gasteiger partial charge in [0.15, 0.2) is 0 Å². The lowest BCUT2D eigenvalue weighted by Gasteiger charge is -2.29. The molecule has 0 saturated heterocycles. The van der Waals surface area contributed by atoms with Gasteiger partial charge in [0.25, 0.3) is 0 Å². The maximum absolute atomic E-state index is 12.7. The fourth-order valence-corrected chi connectivity index (χ4v) is 6.91. The molecule has 28 heavy (non-hydrogen) atoms. The molecule has 2 N–H and O–H groups in total. The predicted octanol–water partition coefficient (Wildman–Crippen LogP) is 3.40. The molecule has 2 saturated carbocycles. The molecule has 158 valence electrons. The molecule has 0 bridgehead atoms. The van der Waals surface area contributed by atoms with E-state index in [4.69, 9.17) is 0 Å². The Bertz CT molecular complexity index is 858. The standard InChI is InChI=1S/C20H32N2O4S2/c1-15-7-9-17(10-8-15)21-27(23,24)18-11-13-19(14-12-18)28(25,26)22-20-6-4-3-5-16(20)2/h11-17,20-22H,3-10H2,1-2H3/t15?,16-,17?,20-/m0/s1. The third kappa shape index (κ3) is 5.34. The first-order valence-electron chi connectivity index (χ1n) is 10.3. The molecule has 1 aromatic rings. The van der Waals surface area contributed by atoms with Crippen molar-refractivity contribution >= 4 is 20.0 Å². The van der Waals surface area contributed by atoms with Crippen molar-refractivity contribution in [2.24, 2.45) is 11.8 Å². The fourth-order valence-electron chi connectivity index (χ4n) is 4.22. The van der Waals surface area contributed by atoms with Crippen molar-refractivity contribution in [1.82, 2.24) is 9.44 Å². The molecule has 3 rings (SSSR count). The van der Waals surface area contributed by atoms with E-state index in [2.05, 4.69) is 23.3 Å². The maximum atomic E-state index is 12.7. The largest absolute Gasteiger partial charge is 0.240 e. The van der Waals surface area contributed by atoms with Gasteiger partial charge in [-0.3, -0.25) is 0 Å². The van der Waals surface area contributed by atoms with Crippen molar-refractivity contribution in [1.29, 1.82) is 0 Å². The molecular formula is C20H32N2O4S2. The first-order valence-corrected chi connectivity index (χ1v) is 13.3. The lowest BCUT2D eigenvalue weighted by atomic mass is 9.87. The molecule has 2 fully saturated rings. The molecule has 2 atom stereocenters. The van der Waals surface area contributed by atoms with Gasteiger partial charge in [-0.2, -0.15) is 0 Å². The second-order valence-corrected chi connectivity index (χ2v) is 12.0. The highest BCUT2D eigenvalue weighted by atomic mass is 32.2. The van der Waals surface area contributed by atoms with E-state index in [9.17, 15) is 16.8 Å². The summed E-state index contributed by atoms with van der Waals surface area (Å²) in [6.07, 6.45) is 7.77. The Labute approximate surface area is 169 Å². The number of hydrogen-bond acceptors (Lipinski definition) is 4. The van der Waals surface area contributed by atoms with Crippen LogP contribution in [-0.2, 0) is 20.0 Å². The van der Waals surface area contributed by atoms with E-state index in [1.807, 2.05) is 0 Å². The monoisotopic (exact) mass is 428 g/mol. The van der Waals surface area contributed by atoms with Gasteiger partial charge in [-0.05, 0) is 74.6 Å². The van der Waals surface area contributed by atoms with E-state index in [0.29, 0.717) is 11.8 Å². The van der Waals surface area contributed by atoms with Gasteiger partial charge in [0.05, 0.1) is 9.79 Å². The topological polar surface area (TPSA) is 92.3 Å². The number of benzene rings is 1. The van der Waals surface area contributed by atoms with Crippen molar-refractivity contribution in [3.63, 3.8) is 0 Å². The maximum Gasteiger partial charge on any atom is 0.240 e. The van der Waals surface area contributed by atoms with E-state index in [1.54, 1.807) is 0 Å². The minimum atomic E-state index is -3.65. The number of rotatable bonds is 6. The highest BCUT2D eigenvalue weighted by Gasteiger charge is 2.28. The Morgan fingerprint density at radius 3 is 1.75 bits per heavy atom. The SMILES string of the molecule is CC1CCC(NS(=O)(=O)c2ccc(S(=O)(=O)N[C@H]3CCCC[C@@H]3C)cc2)CC1. The van der Waals surface area contributed by atoms with E-state index in [-0.39, 0.29) is 21.9 Å². The van der Waals surface area contributed by atoms with E-state index < -0.39 is 20.0 Å². The van der Waals surface area contributed by atoms with Gasteiger partial charge in [-0.15, -0.1) is 0 Å². The Balaban J connectivity index is 1.68. The van der Waals surface area contributed by atoms with Gasteiger partial charge in [-0.25, -0.2) is 26.3 Å². The Morgan fingerprint density at radius 1 is 0.714 bits per heavy atom. The molecule has 0 spiro atoms. The van der Waals surface area contributed by atoms with Gasteiger partial charge in [-0.1, -0.05) is 26.7 Å². The van der Waals surface area contributed by atoms with E-state index in [0.717, 1.165) is 51.4 Å². The minimum absolute atomic E-state index is 0.0425. The molecule has 0 aliphatic heterocycles. The molecule has 0 amide bonds. The van der Waals surface area contributed by atoms with Crippen LogP contribution in [0.25, 0.3) is 0 Å². The number of nitrogens with one attached hydrogen (secondary N) is 2. The first kappa shape index (κ1) is 21.7.